The molecule has 0 saturated heterocycles. The van der Waals surface area contributed by atoms with E-state index in [1.54, 1.807) is 18.0 Å². The molecule has 1 heterocycles. The van der Waals surface area contributed by atoms with Crippen LogP contribution in [0.3, 0.4) is 0 Å². The van der Waals surface area contributed by atoms with Crippen LogP contribution >= 0.6 is 11.8 Å². The largest absolute Gasteiger partial charge is 0.409 e. The van der Waals surface area contributed by atoms with Crippen LogP contribution in [0.15, 0.2) is 58.7 Å². The number of thioether (sulfide) groups is 1. The fourth-order valence-electron chi connectivity index (χ4n) is 1.84. The van der Waals surface area contributed by atoms with Crippen LogP contribution in [0.2, 0.25) is 0 Å². The number of pyridine rings is 1. The summed E-state index contributed by atoms with van der Waals surface area (Å²) in [6.07, 6.45) is 1.63. The molecule has 0 aliphatic rings. The SMILES string of the molecule is NC(=NO)c1ncccc1CNCCSc1ccccc1. The third kappa shape index (κ3) is 4.77. The van der Waals surface area contributed by atoms with Crippen LogP contribution < -0.4 is 11.1 Å². The number of nitrogens with one attached hydrogen (secondary N) is 1. The molecular formula is C15H18N4OS. The standard InChI is InChI=1S/C15H18N4OS/c16-15(19-20)14-12(5-4-8-18-14)11-17-9-10-21-13-6-2-1-3-7-13/h1-8,17,20H,9-11H2,(H2,16,19). The molecule has 0 aliphatic carbocycles. The maximum atomic E-state index is 8.75. The van der Waals surface area contributed by atoms with Gasteiger partial charge in [-0.2, -0.15) is 0 Å². The second kappa shape index (κ2) is 8.28. The molecule has 21 heavy (non-hydrogen) atoms. The summed E-state index contributed by atoms with van der Waals surface area (Å²) in [5.74, 6) is 1.01. The van der Waals surface area contributed by atoms with Crippen LogP contribution in [0, 0.1) is 0 Å². The van der Waals surface area contributed by atoms with Gasteiger partial charge in [0.15, 0.2) is 5.84 Å². The number of oxime groups is 1. The molecular weight excluding hydrogens is 284 g/mol. The fraction of sp³-hybridized carbons (Fsp3) is 0.200. The zero-order valence-corrected chi connectivity index (χ0v) is 12.4. The molecule has 2 rings (SSSR count). The summed E-state index contributed by atoms with van der Waals surface area (Å²) in [6.45, 7) is 1.50. The average molecular weight is 302 g/mol. The highest BCUT2D eigenvalue weighted by Crippen LogP contribution is 2.15. The van der Waals surface area contributed by atoms with Gasteiger partial charge in [0.2, 0.25) is 0 Å². The van der Waals surface area contributed by atoms with Crippen molar-refractivity contribution in [2.75, 3.05) is 12.3 Å². The van der Waals surface area contributed by atoms with E-state index in [0.29, 0.717) is 12.2 Å². The number of benzene rings is 1. The van der Waals surface area contributed by atoms with Gasteiger partial charge in [0.25, 0.3) is 0 Å². The molecule has 0 atom stereocenters. The van der Waals surface area contributed by atoms with Crippen molar-refractivity contribution in [3.63, 3.8) is 0 Å². The quantitative estimate of drug-likeness (QED) is 0.182. The lowest BCUT2D eigenvalue weighted by atomic mass is 10.2. The van der Waals surface area contributed by atoms with Gasteiger partial charge in [-0.3, -0.25) is 4.98 Å². The Morgan fingerprint density at radius 1 is 1.24 bits per heavy atom. The number of aromatic nitrogens is 1. The first kappa shape index (κ1) is 15.3. The summed E-state index contributed by atoms with van der Waals surface area (Å²) in [7, 11) is 0. The molecule has 0 aliphatic heterocycles. The Balaban J connectivity index is 1.79. The highest BCUT2D eigenvalue weighted by Gasteiger charge is 2.07. The molecule has 0 spiro atoms. The van der Waals surface area contributed by atoms with E-state index in [1.165, 1.54) is 4.90 Å². The summed E-state index contributed by atoms with van der Waals surface area (Å²) in [6, 6.07) is 14.0. The topological polar surface area (TPSA) is 83.5 Å². The molecule has 1 aromatic carbocycles. The van der Waals surface area contributed by atoms with Crippen molar-refractivity contribution in [3.05, 3.63) is 59.9 Å². The van der Waals surface area contributed by atoms with Crippen LogP contribution in [0.5, 0.6) is 0 Å². The Kier molecular flexibility index (Phi) is 6.05. The number of amidine groups is 1. The monoisotopic (exact) mass is 302 g/mol. The molecule has 6 heteroatoms. The lowest BCUT2D eigenvalue weighted by molar-refractivity contribution is 0.318. The molecule has 110 valence electrons. The Labute approximate surface area is 128 Å². The van der Waals surface area contributed by atoms with E-state index in [-0.39, 0.29) is 5.84 Å². The van der Waals surface area contributed by atoms with E-state index >= 15 is 0 Å². The van der Waals surface area contributed by atoms with Crippen molar-refractivity contribution in [2.24, 2.45) is 10.9 Å². The second-order valence-electron chi connectivity index (χ2n) is 4.33. The van der Waals surface area contributed by atoms with E-state index < -0.39 is 0 Å². The first-order valence-corrected chi connectivity index (χ1v) is 7.60. The van der Waals surface area contributed by atoms with Crippen LogP contribution in [-0.2, 0) is 6.54 Å². The van der Waals surface area contributed by atoms with Crippen molar-refractivity contribution in [2.45, 2.75) is 11.4 Å². The Morgan fingerprint density at radius 3 is 2.81 bits per heavy atom. The minimum absolute atomic E-state index is 0.0334. The lowest BCUT2D eigenvalue weighted by Crippen LogP contribution is -2.22. The molecule has 0 saturated carbocycles. The minimum atomic E-state index is 0.0334. The van der Waals surface area contributed by atoms with Gasteiger partial charge in [-0.15, -0.1) is 11.8 Å². The van der Waals surface area contributed by atoms with Crippen molar-refractivity contribution >= 4 is 17.6 Å². The van der Waals surface area contributed by atoms with Gasteiger partial charge in [0, 0.05) is 29.9 Å². The zero-order chi connectivity index (χ0) is 14.9. The first-order valence-electron chi connectivity index (χ1n) is 6.61. The predicted octanol–water partition coefficient (Wildman–Crippen LogP) is 2.06. The van der Waals surface area contributed by atoms with Gasteiger partial charge in [-0.25, -0.2) is 0 Å². The Morgan fingerprint density at radius 2 is 2.05 bits per heavy atom. The van der Waals surface area contributed by atoms with Crippen molar-refractivity contribution in [3.8, 4) is 0 Å². The number of nitrogens with two attached hydrogens (primary N) is 1. The van der Waals surface area contributed by atoms with Crippen LogP contribution in [-0.4, -0.2) is 28.3 Å². The van der Waals surface area contributed by atoms with Crippen molar-refractivity contribution < 1.29 is 5.21 Å². The molecule has 4 N–H and O–H groups in total. The summed E-state index contributed by atoms with van der Waals surface area (Å²) >= 11 is 1.80. The number of rotatable bonds is 7. The molecule has 5 nitrogen and oxygen atoms in total. The molecule has 0 bridgehead atoms. The third-order valence-electron chi connectivity index (χ3n) is 2.85. The maximum Gasteiger partial charge on any atom is 0.189 e. The number of nitrogens with zero attached hydrogens (tertiary/aromatic N) is 2. The lowest BCUT2D eigenvalue weighted by Gasteiger charge is -2.08. The first-order chi connectivity index (χ1) is 10.3. The fourth-order valence-corrected chi connectivity index (χ4v) is 2.67. The van der Waals surface area contributed by atoms with Gasteiger partial charge in [-0.05, 0) is 23.8 Å². The highest BCUT2D eigenvalue weighted by atomic mass is 32.2. The highest BCUT2D eigenvalue weighted by molar-refractivity contribution is 7.99. The van der Waals surface area contributed by atoms with E-state index in [4.69, 9.17) is 10.9 Å². The van der Waals surface area contributed by atoms with E-state index in [0.717, 1.165) is 17.9 Å². The summed E-state index contributed by atoms with van der Waals surface area (Å²) < 4.78 is 0. The molecule has 0 amide bonds. The summed E-state index contributed by atoms with van der Waals surface area (Å²) in [5.41, 5.74) is 7.04. The predicted molar refractivity (Wildman–Crippen MR) is 85.6 cm³/mol. The number of hydrogen-bond donors (Lipinski definition) is 3. The average Bonchev–Trinajstić information content (AvgIpc) is 2.55. The number of hydrogen-bond acceptors (Lipinski definition) is 5. The Hall–Kier alpha value is -2.05. The van der Waals surface area contributed by atoms with Crippen LogP contribution in [0.4, 0.5) is 0 Å². The van der Waals surface area contributed by atoms with E-state index in [2.05, 4.69) is 27.6 Å². The maximum absolute atomic E-state index is 8.75. The zero-order valence-electron chi connectivity index (χ0n) is 11.6. The Bertz CT molecular complexity index is 589. The van der Waals surface area contributed by atoms with Crippen molar-refractivity contribution in [1.82, 2.24) is 10.3 Å². The molecule has 0 radical (unpaired) electrons. The molecule has 0 fully saturated rings. The normalized spacial score (nSPS) is 11.5. The van der Waals surface area contributed by atoms with Gasteiger partial charge >= 0.3 is 0 Å². The van der Waals surface area contributed by atoms with Gasteiger partial charge in [0.05, 0.1) is 0 Å². The summed E-state index contributed by atoms with van der Waals surface area (Å²) in [5, 5.41) is 15.1. The van der Waals surface area contributed by atoms with Gasteiger partial charge in [-0.1, -0.05) is 29.4 Å². The summed E-state index contributed by atoms with van der Waals surface area (Å²) in [4.78, 5) is 5.40. The second-order valence-corrected chi connectivity index (χ2v) is 5.50. The van der Waals surface area contributed by atoms with Crippen LogP contribution in [0.25, 0.3) is 0 Å². The van der Waals surface area contributed by atoms with Gasteiger partial charge in [0.1, 0.15) is 5.69 Å². The van der Waals surface area contributed by atoms with Gasteiger partial charge < -0.3 is 16.3 Å². The van der Waals surface area contributed by atoms with E-state index in [1.807, 2.05) is 30.3 Å². The molecule has 1 aromatic heterocycles. The smallest absolute Gasteiger partial charge is 0.189 e. The van der Waals surface area contributed by atoms with E-state index in [9.17, 15) is 0 Å². The minimum Gasteiger partial charge on any atom is -0.409 e. The van der Waals surface area contributed by atoms with Crippen LogP contribution in [0.1, 0.15) is 11.3 Å². The molecule has 0 unspecified atom stereocenters. The molecule has 2 aromatic rings. The van der Waals surface area contributed by atoms with Crippen molar-refractivity contribution in [1.29, 1.82) is 0 Å². The third-order valence-corrected chi connectivity index (χ3v) is 3.86.